The van der Waals surface area contributed by atoms with Crippen LogP contribution in [-0.2, 0) is 15.3 Å². The zero-order valence-corrected chi connectivity index (χ0v) is 11.4. The van der Waals surface area contributed by atoms with Crippen LogP contribution in [0, 0.1) is 0 Å². The Labute approximate surface area is 113 Å². The summed E-state index contributed by atoms with van der Waals surface area (Å²) in [6.45, 7) is 2.05. The molecule has 0 aromatic carbocycles. The van der Waals surface area contributed by atoms with E-state index in [9.17, 15) is 9.59 Å². The number of ether oxygens (including phenoxy) is 1. The summed E-state index contributed by atoms with van der Waals surface area (Å²) >= 11 is 2.58. The number of aromatic nitrogens is 1. The predicted molar refractivity (Wildman–Crippen MR) is 69.8 cm³/mol. The van der Waals surface area contributed by atoms with Crippen LogP contribution in [0.5, 0.6) is 0 Å². The molecule has 1 aromatic rings. The molecular weight excluding hydrogens is 276 g/mol. The van der Waals surface area contributed by atoms with Gasteiger partial charge in [0.25, 0.3) is 0 Å². The van der Waals surface area contributed by atoms with Crippen molar-refractivity contribution in [2.24, 2.45) is 5.73 Å². The Hall–Kier alpha value is -1.12. The first-order valence-electron chi connectivity index (χ1n) is 5.22. The number of hydrogen-bond acceptors (Lipinski definition) is 7. The van der Waals surface area contributed by atoms with Crippen molar-refractivity contribution < 1.29 is 19.4 Å². The topological polar surface area (TPSA) is 103 Å². The number of thioether (sulfide) groups is 1. The number of esters is 1. The fourth-order valence-electron chi connectivity index (χ4n) is 1.02. The number of hydrogen-bond donors (Lipinski definition) is 2. The maximum absolute atomic E-state index is 11.4. The van der Waals surface area contributed by atoms with Crippen LogP contribution in [0.2, 0.25) is 0 Å². The first-order chi connectivity index (χ1) is 8.54. The van der Waals surface area contributed by atoms with Crippen molar-refractivity contribution >= 4 is 35.0 Å². The zero-order chi connectivity index (χ0) is 13.5. The Morgan fingerprint density at radius 2 is 2.39 bits per heavy atom. The summed E-state index contributed by atoms with van der Waals surface area (Å²) in [4.78, 5) is 25.9. The number of rotatable bonds is 7. The first kappa shape index (κ1) is 14.9. The molecule has 0 spiro atoms. The number of nitrogens with two attached hydrogens (primary N) is 1. The highest BCUT2D eigenvalue weighted by atomic mass is 32.2. The Balaban J connectivity index is 2.40. The van der Waals surface area contributed by atoms with E-state index in [2.05, 4.69) is 4.98 Å². The lowest BCUT2D eigenvalue weighted by Crippen LogP contribution is -2.32. The Morgan fingerprint density at radius 3 is 3.00 bits per heavy atom. The number of nitrogens with zero attached hydrogens (tertiary/aromatic N) is 1. The summed E-state index contributed by atoms with van der Waals surface area (Å²) in [5.41, 5.74) is 6.09. The Kier molecular flexibility index (Phi) is 6.10. The van der Waals surface area contributed by atoms with Gasteiger partial charge in [-0.2, -0.15) is 11.8 Å². The van der Waals surface area contributed by atoms with E-state index in [1.165, 1.54) is 23.1 Å². The van der Waals surface area contributed by atoms with E-state index in [0.29, 0.717) is 23.1 Å². The van der Waals surface area contributed by atoms with Crippen LogP contribution in [-0.4, -0.2) is 40.4 Å². The van der Waals surface area contributed by atoms with Gasteiger partial charge in [0.1, 0.15) is 6.04 Å². The molecular formula is C10H14N2O4S2. The van der Waals surface area contributed by atoms with Gasteiger partial charge in [0.05, 0.1) is 12.3 Å². The fraction of sp³-hybridized carbons (Fsp3) is 0.500. The van der Waals surface area contributed by atoms with Crippen molar-refractivity contribution in [1.82, 2.24) is 4.98 Å². The molecule has 0 aliphatic rings. The number of carboxylic acids is 1. The number of thiazole rings is 1. The van der Waals surface area contributed by atoms with E-state index in [4.69, 9.17) is 15.6 Å². The minimum atomic E-state index is -1.02. The molecule has 1 rings (SSSR count). The second-order valence-corrected chi connectivity index (χ2v) is 5.21. The third kappa shape index (κ3) is 4.63. The normalized spacial score (nSPS) is 12.1. The standard InChI is InChI=1S/C10H14N2O4S2/c1-2-16-10(15)8-12-6(4-18-8)3-17-5-7(11)9(13)14/h4,7H,2-3,5,11H2,1H3,(H,13,14)/t7-/m0/s1. The summed E-state index contributed by atoms with van der Waals surface area (Å²) in [6, 6.07) is -0.877. The van der Waals surface area contributed by atoms with Gasteiger partial charge in [0.15, 0.2) is 0 Å². The molecule has 0 radical (unpaired) electrons. The van der Waals surface area contributed by atoms with Gasteiger partial charge in [0, 0.05) is 16.9 Å². The highest BCUT2D eigenvalue weighted by Crippen LogP contribution is 2.17. The van der Waals surface area contributed by atoms with Crippen molar-refractivity contribution in [1.29, 1.82) is 0 Å². The molecule has 0 aliphatic heterocycles. The molecule has 0 bridgehead atoms. The quantitative estimate of drug-likeness (QED) is 0.721. The molecule has 3 N–H and O–H groups in total. The van der Waals surface area contributed by atoms with Crippen molar-refractivity contribution in [3.8, 4) is 0 Å². The smallest absolute Gasteiger partial charge is 0.367 e. The Bertz CT molecular complexity index is 422. The second kappa shape index (κ2) is 7.34. The van der Waals surface area contributed by atoms with Gasteiger partial charge < -0.3 is 15.6 Å². The maximum Gasteiger partial charge on any atom is 0.367 e. The molecule has 1 atom stereocenters. The molecule has 0 aliphatic carbocycles. The zero-order valence-electron chi connectivity index (χ0n) is 9.79. The molecule has 0 saturated heterocycles. The molecule has 0 amide bonds. The lowest BCUT2D eigenvalue weighted by molar-refractivity contribution is -0.137. The highest BCUT2D eigenvalue weighted by Gasteiger charge is 2.14. The van der Waals surface area contributed by atoms with E-state index in [1.807, 2.05) is 0 Å². The summed E-state index contributed by atoms with van der Waals surface area (Å²) in [6.07, 6.45) is 0. The van der Waals surface area contributed by atoms with Crippen LogP contribution < -0.4 is 5.73 Å². The van der Waals surface area contributed by atoms with Gasteiger partial charge in [-0.15, -0.1) is 11.3 Å². The van der Waals surface area contributed by atoms with Crippen molar-refractivity contribution in [3.63, 3.8) is 0 Å². The fourth-order valence-corrected chi connectivity index (χ4v) is 2.71. The van der Waals surface area contributed by atoms with Gasteiger partial charge >= 0.3 is 11.9 Å². The minimum absolute atomic E-state index is 0.307. The second-order valence-electron chi connectivity index (χ2n) is 3.32. The molecule has 8 heteroatoms. The summed E-state index contributed by atoms with van der Waals surface area (Å²) in [5, 5.41) is 10.7. The first-order valence-corrected chi connectivity index (χ1v) is 7.25. The summed E-state index contributed by atoms with van der Waals surface area (Å²) in [7, 11) is 0. The van der Waals surface area contributed by atoms with Gasteiger partial charge in [-0.1, -0.05) is 0 Å². The van der Waals surface area contributed by atoms with Crippen molar-refractivity contribution in [3.05, 3.63) is 16.1 Å². The van der Waals surface area contributed by atoms with Crippen LogP contribution in [0.25, 0.3) is 0 Å². The molecule has 0 saturated carbocycles. The Morgan fingerprint density at radius 1 is 1.67 bits per heavy atom. The van der Waals surface area contributed by atoms with Gasteiger partial charge in [0.2, 0.25) is 5.01 Å². The third-order valence-corrected chi connectivity index (χ3v) is 3.83. The lowest BCUT2D eigenvalue weighted by Gasteiger charge is -2.04. The highest BCUT2D eigenvalue weighted by molar-refractivity contribution is 7.98. The number of carbonyl (C=O) groups excluding carboxylic acids is 1. The van der Waals surface area contributed by atoms with E-state index in [1.54, 1.807) is 12.3 Å². The molecule has 18 heavy (non-hydrogen) atoms. The van der Waals surface area contributed by atoms with Crippen molar-refractivity contribution in [2.45, 2.75) is 18.7 Å². The minimum Gasteiger partial charge on any atom is -0.480 e. The molecule has 6 nitrogen and oxygen atoms in total. The lowest BCUT2D eigenvalue weighted by atomic mass is 10.4. The molecule has 1 heterocycles. The predicted octanol–water partition coefficient (Wildman–Crippen LogP) is 0.965. The summed E-state index contributed by atoms with van der Waals surface area (Å²) < 4.78 is 4.82. The van der Waals surface area contributed by atoms with Gasteiger partial charge in [-0.05, 0) is 6.92 Å². The molecule has 0 fully saturated rings. The largest absolute Gasteiger partial charge is 0.480 e. The number of carbonyl (C=O) groups is 2. The monoisotopic (exact) mass is 290 g/mol. The number of aliphatic carboxylic acids is 1. The van der Waals surface area contributed by atoms with Gasteiger partial charge in [-0.25, -0.2) is 9.78 Å². The van der Waals surface area contributed by atoms with E-state index in [0.717, 1.165) is 5.69 Å². The number of carboxylic acid groups (broad SMARTS) is 1. The maximum atomic E-state index is 11.4. The molecule has 0 unspecified atom stereocenters. The molecule has 100 valence electrons. The van der Waals surface area contributed by atoms with E-state index in [-0.39, 0.29) is 0 Å². The van der Waals surface area contributed by atoms with Crippen LogP contribution in [0.3, 0.4) is 0 Å². The van der Waals surface area contributed by atoms with Gasteiger partial charge in [-0.3, -0.25) is 4.79 Å². The molecule has 1 aromatic heterocycles. The van der Waals surface area contributed by atoms with Crippen LogP contribution in [0.4, 0.5) is 0 Å². The van der Waals surface area contributed by atoms with E-state index < -0.39 is 18.0 Å². The SMILES string of the molecule is CCOC(=O)c1nc(CSC[C@H](N)C(=O)O)cs1. The van der Waals surface area contributed by atoms with Crippen LogP contribution >= 0.6 is 23.1 Å². The van der Waals surface area contributed by atoms with Crippen LogP contribution in [0.1, 0.15) is 22.4 Å². The third-order valence-electron chi connectivity index (χ3n) is 1.87. The van der Waals surface area contributed by atoms with Crippen LogP contribution in [0.15, 0.2) is 5.38 Å². The van der Waals surface area contributed by atoms with Crippen molar-refractivity contribution in [2.75, 3.05) is 12.4 Å². The average molecular weight is 290 g/mol. The summed E-state index contributed by atoms with van der Waals surface area (Å²) in [5.74, 6) is -0.618. The average Bonchev–Trinajstić information content (AvgIpc) is 2.78. The van der Waals surface area contributed by atoms with E-state index >= 15 is 0 Å².